The zero-order chi connectivity index (χ0) is 12.8. The second-order valence-electron chi connectivity index (χ2n) is 3.20. The molecule has 0 N–H and O–H groups in total. The van der Waals surface area contributed by atoms with Gasteiger partial charge in [0.2, 0.25) is 0 Å². The lowest BCUT2D eigenvalue weighted by Gasteiger charge is -2.07. The SMILES string of the molecule is CCOC(=O)Cc1c(C#N)ccc(F)c1C=O. The van der Waals surface area contributed by atoms with Crippen molar-refractivity contribution < 1.29 is 18.7 Å². The van der Waals surface area contributed by atoms with Gasteiger partial charge in [-0.2, -0.15) is 5.26 Å². The molecule has 0 saturated heterocycles. The van der Waals surface area contributed by atoms with Crippen LogP contribution in [-0.2, 0) is 16.0 Å². The van der Waals surface area contributed by atoms with Gasteiger partial charge in [0.1, 0.15) is 5.82 Å². The third-order valence-corrected chi connectivity index (χ3v) is 2.17. The second kappa shape index (κ2) is 5.75. The molecule has 0 spiro atoms. The van der Waals surface area contributed by atoms with Crippen LogP contribution in [0.1, 0.15) is 28.4 Å². The first kappa shape index (κ1) is 12.8. The van der Waals surface area contributed by atoms with Crippen LogP contribution < -0.4 is 0 Å². The number of hydrogen-bond acceptors (Lipinski definition) is 4. The molecule has 0 aliphatic heterocycles. The lowest BCUT2D eigenvalue weighted by Crippen LogP contribution is -2.11. The fourth-order valence-electron chi connectivity index (χ4n) is 1.42. The van der Waals surface area contributed by atoms with Crippen LogP contribution in [0.5, 0.6) is 0 Å². The first-order chi connectivity index (χ1) is 8.13. The second-order valence-corrected chi connectivity index (χ2v) is 3.20. The normalized spacial score (nSPS) is 9.47. The van der Waals surface area contributed by atoms with Crippen LogP contribution in [-0.4, -0.2) is 18.9 Å². The van der Waals surface area contributed by atoms with Gasteiger partial charge in [0.25, 0.3) is 0 Å². The van der Waals surface area contributed by atoms with Gasteiger partial charge in [-0.15, -0.1) is 0 Å². The fraction of sp³-hybridized carbons (Fsp3) is 0.250. The number of nitriles is 1. The van der Waals surface area contributed by atoms with Crippen LogP contribution in [0.4, 0.5) is 4.39 Å². The maximum absolute atomic E-state index is 13.3. The number of nitrogens with zero attached hydrogens (tertiary/aromatic N) is 1. The number of halogens is 1. The molecular formula is C12H10FNO3. The van der Waals surface area contributed by atoms with Gasteiger partial charge < -0.3 is 4.74 Å². The summed E-state index contributed by atoms with van der Waals surface area (Å²) >= 11 is 0. The third-order valence-electron chi connectivity index (χ3n) is 2.17. The molecule has 88 valence electrons. The van der Waals surface area contributed by atoms with Crippen LogP contribution in [0.3, 0.4) is 0 Å². The molecule has 17 heavy (non-hydrogen) atoms. The van der Waals surface area contributed by atoms with Gasteiger partial charge in [-0.1, -0.05) is 0 Å². The van der Waals surface area contributed by atoms with E-state index in [2.05, 4.69) is 0 Å². The van der Waals surface area contributed by atoms with Crippen LogP contribution in [0, 0.1) is 17.1 Å². The Morgan fingerprint density at radius 1 is 1.59 bits per heavy atom. The number of rotatable bonds is 4. The summed E-state index contributed by atoms with van der Waals surface area (Å²) in [6.07, 6.45) is 0.00724. The highest BCUT2D eigenvalue weighted by Crippen LogP contribution is 2.17. The molecule has 4 nitrogen and oxygen atoms in total. The van der Waals surface area contributed by atoms with Crippen molar-refractivity contribution in [3.63, 3.8) is 0 Å². The van der Waals surface area contributed by atoms with E-state index in [1.807, 2.05) is 6.07 Å². The van der Waals surface area contributed by atoms with E-state index in [1.165, 1.54) is 6.07 Å². The maximum Gasteiger partial charge on any atom is 0.310 e. The van der Waals surface area contributed by atoms with Crippen molar-refractivity contribution in [2.75, 3.05) is 6.61 Å². The van der Waals surface area contributed by atoms with Crippen LogP contribution in [0.15, 0.2) is 12.1 Å². The van der Waals surface area contributed by atoms with E-state index in [1.54, 1.807) is 6.92 Å². The number of carbonyl (C=O) groups is 2. The van der Waals surface area contributed by atoms with E-state index in [-0.39, 0.29) is 29.7 Å². The molecule has 0 heterocycles. The smallest absolute Gasteiger partial charge is 0.310 e. The summed E-state index contributed by atoms with van der Waals surface area (Å²) in [4.78, 5) is 22.0. The van der Waals surface area contributed by atoms with Gasteiger partial charge in [0.15, 0.2) is 6.29 Å². The number of benzene rings is 1. The number of ether oxygens (including phenoxy) is 1. The summed E-state index contributed by atoms with van der Waals surface area (Å²) < 4.78 is 18.0. The van der Waals surface area contributed by atoms with E-state index in [9.17, 15) is 14.0 Å². The summed E-state index contributed by atoms with van der Waals surface area (Å²) in [6, 6.07) is 4.07. The first-order valence-electron chi connectivity index (χ1n) is 4.96. The Bertz CT molecular complexity index is 491. The van der Waals surface area contributed by atoms with Crippen molar-refractivity contribution in [3.8, 4) is 6.07 Å². The monoisotopic (exact) mass is 235 g/mol. The molecular weight excluding hydrogens is 225 g/mol. The zero-order valence-corrected chi connectivity index (χ0v) is 9.20. The van der Waals surface area contributed by atoms with Gasteiger partial charge in [-0.05, 0) is 24.6 Å². The van der Waals surface area contributed by atoms with Gasteiger partial charge in [0, 0.05) is 0 Å². The van der Waals surface area contributed by atoms with Gasteiger partial charge in [-0.25, -0.2) is 4.39 Å². The van der Waals surface area contributed by atoms with E-state index in [0.29, 0.717) is 6.29 Å². The van der Waals surface area contributed by atoms with Crippen molar-refractivity contribution in [1.29, 1.82) is 5.26 Å². The first-order valence-corrected chi connectivity index (χ1v) is 4.96. The fourth-order valence-corrected chi connectivity index (χ4v) is 1.42. The minimum atomic E-state index is -0.752. The molecule has 0 radical (unpaired) electrons. The van der Waals surface area contributed by atoms with E-state index < -0.39 is 11.8 Å². The molecule has 1 aromatic carbocycles. The summed E-state index contributed by atoms with van der Waals surface area (Å²) in [5, 5.41) is 8.83. The van der Waals surface area contributed by atoms with E-state index >= 15 is 0 Å². The Kier molecular flexibility index (Phi) is 4.35. The molecule has 0 aromatic heterocycles. The maximum atomic E-state index is 13.3. The van der Waals surface area contributed by atoms with Crippen molar-refractivity contribution in [1.82, 2.24) is 0 Å². The largest absolute Gasteiger partial charge is 0.466 e. The Hall–Kier alpha value is -2.22. The van der Waals surface area contributed by atoms with Crippen molar-refractivity contribution in [2.24, 2.45) is 0 Å². The highest BCUT2D eigenvalue weighted by molar-refractivity contribution is 5.83. The van der Waals surface area contributed by atoms with E-state index in [0.717, 1.165) is 6.07 Å². The van der Waals surface area contributed by atoms with Gasteiger partial charge in [-0.3, -0.25) is 9.59 Å². The molecule has 0 unspecified atom stereocenters. The summed E-state index contributed by atoms with van der Waals surface area (Å²) in [7, 11) is 0. The summed E-state index contributed by atoms with van der Waals surface area (Å²) in [5.74, 6) is -1.35. The van der Waals surface area contributed by atoms with Crippen molar-refractivity contribution in [2.45, 2.75) is 13.3 Å². The zero-order valence-electron chi connectivity index (χ0n) is 9.20. The molecule has 0 saturated carbocycles. The summed E-state index contributed by atoms with van der Waals surface area (Å²) in [5.41, 5.74) is -0.0976. The molecule has 0 bridgehead atoms. The van der Waals surface area contributed by atoms with Crippen LogP contribution in [0.2, 0.25) is 0 Å². The lowest BCUT2D eigenvalue weighted by atomic mass is 9.99. The van der Waals surface area contributed by atoms with Gasteiger partial charge >= 0.3 is 5.97 Å². The number of carbonyl (C=O) groups excluding carboxylic acids is 2. The highest BCUT2D eigenvalue weighted by Gasteiger charge is 2.16. The lowest BCUT2D eigenvalue weighted by molar-refractivity contribution is -0.142. The highest BCUT2D eigenvalue weighted by atomic mass is 19.1. The minimum absolute atomic E-state index is 0.0703. The Morgan fingerprint density at radius 3 is 2.82 bits per heavy atom. The molecule has 0 fully saturated rings. The molecule has 1 aromatic rings. The number of hydrogen-bond donors (Lipinski definition) is 0. The van der Waals surface area contributed by atoms with Gasteiger partial charge in [0.05, 0.1) is 30.2 Å². The predicted molar refractivity (Wildman–Crippen MR) is 56.8 cm³/mol. The van der Waals surface area contributed by atoms with Crippen LogP contribution in [0.25, 0.3) is 0 Å². The number of aldehydes is 1. The number of esters is 1. The molecule has 1 rings (SSSR count). The Labute approximate surface area is 97.6 Å². The average Bonchev–Trinajstić information content (AvgIpc) is 2.30. The third kappa shape index (κ3) is 2.88. The van der Waals surface area contributed by atoms with Crippen molar-refractivity contribution >= 4 is 12.3 Å². The van der Waals surface area contributed by atoms with Crippen molar-refractivity contribution in [3.05, 3.63) is 34.6 Å². The topological polar surface area (TPSA) is 67.2 Å². The molecule has 0 aliphatic rings. The molecule has 0 aliphatic carbocycles. The predicted octanol–water partition coefficient (Wildman–Crippen LogP) is 1.62. The molecule has 0 atom stereocenters. The summed E-state index contributed by atoms with van der Waals surface area (Å²) in [6.45, 7) is 1.82. The Morgan fingerprint density at radius 2 is 2.29 bits per heavy atom. The van der Waals surface area contributed by atoms with E-state index in [4.69, 9.17) is 10.00 Å². The quantitative estimate of drug-likeness (QED) is 0.587. The molecule has 5 heteroatoms. The average molecular weight is 235 g/mol. The minimum Gasteiger partial charge on any atom is -0.466 e. The molecule has 0 amide bonds. The standard InChI is InChI=1S/C12H10FNO3/c1-2-17-12(16)5-9-8(6-14)3-4-11(13)10(9)7-15/h3-4,7H,2,5H2,1H3. The Balaban J connectivity index is 3.19. The van der Waals surface area contributed by atoms with Crippen LogP contribution >= 0.6 is 0 Å².